The van der Waals surface area contributed by atoms with Gasteiger partial charge in [0.05, 0.1) is 6.61 Å². The van der Waals surface area contributed by atoms with E-state index in [2.05, 4.69) is 26.8 Å². The summed E-state index contributed by atoms with van der Waals surface area (Å²) >= 11 is 0. The lowest BCUT2D eigenvalue weighted by Crippen LogP contribution is -2.35. The standard InChI is InChI=1S/C19H30O3/c1-13(20)22-17-16-7-6-15(10-14(16)11-21-17)19(4)9-5-8-18(2,3)12-19/h10,14,16-17H,5-9,11-12H2,1-4H3/t14-,16-,17+,19+/m1/s1. The van der Waals surface area contributed by atoms with Gasteiger partial charge < -0.3 is 9.47 Å². The average molecular weight is 306 g/mol. The van der Waals surface area contributed by atoms with Crippen LogP contribution in [0.25, 0.3) is 0 Å². The first-order valence-electron chi connectivity index (χ1n) is 8.79. The second-order valence-corrected chi connectivity index (χ2v) is 8.62. The Morgan fingerprint density at radius 3 is 2.77 bits per heavy atom. The molecule has 1 heterocycles. The van der Waals surface area contributed by atoms with E-state index in [9.17, 15) is 4.79 Å². The van der Waals surface area contributed by atoms with E-state index in [-0.39, 0.29) is 12.3 Å². The Morgan fingerprint density at radius 2 is 2.09 bits per heavy atom. The van der Waals surface area contributed by atoms with Crippen LogP contribution in [0.1, 0.15) is 66.2 Å². The zero-order valence-electron chi connectivity index (χ0n) is 14.5. The number of carbonyl (C=O) groups is 1. The molecule has 0 radical (unpaired) electrons. The minimum Gasteiger partial charge on any atom is -0.436 e. The molecule has 3 heteroatoms. The highest BCUT2D eigenvalue weighted by Crippen LogP contribution is 2.53. The molecular weight excluding hydrogens is 276 g/mol. The summed E-state index contributed by atoms with van der Waals surface area (Å²) in [5.41, 5.74) is 2.44. The molecule has 0 aromatic heterocycles. The van der Waals surface area contributed by atoms with Crippen molar-refractivity contribution in [3.05, 3.63) is 11.6 Å². The highest BCUT2D eigenvalue weighted by Gasteiger charge is 2.45. The van der Waals surface area contributed by atoms with E-state index in [1.165, 1.54) is 32.6 Å². The minimum absolute atomic E-state index is 0.235. The van der Waals surface area contributed by atoms with Crippen molar-refractivity contribution in [1.29, 1.82) is 0 Å². The Balaban J connectivity index is 1.74. The first kappa shape index (κ1) is 16.0. The van der Waals surface area contributed by atoms with Crippen LogP contribution in [0.5, 0.6) is 0 Å². The summed E-state index contributed by atoms with van der Waals surface area (Å²) in [4.78, 5) is 11.2. The van der Waals surface area contributed by atoms with E-state index in [0.29, 0.717) is 29.3 Å². The van der Waals surface area contributed by atoms with E-state index >= 15 is 0 Å². The molecule has 2 fully saturated rings. The Morgan fingerprint density at radius 1 is 1.32 bits per heavy atom. The molecule has 1 aliphatic heterocycles. The fourth-order valence-electron chi connectivity index (χ4n) is 5.09. The van der Waals surface area contributed by atoms with E-state index in [0.717, 1.165) is 12.8 Å². The summed E-state index contributed by atoms with van der Waals surface area (Å²) in [5, 5.41) is 0. The van der Waals surface area contributed by atoms with E-state index in [1.54, 1.807) is 5.57 Å². The van der Waals surface area contributed by atoms with Crippen LogP contribution in [0.3, 0.4) is 0 Å². The third-order valence-corrected chi connectivity index (χ3v) is 6.02. The molecule has 2 aliphatic carbocycles. The topological polar surface area (TPSA) is 35.5 Å². The Bertz CT molecular complexity index is 479. The van der Waals surface area contributed by atoms with Gasteiger partial charge in [-0.1, -0.05) is 38.8 Å². The Kier molecular flexibility index (Phi) is 4.13. The third kappa shape index (κ3) is 3.10. The van der Waals surface area contributed by atoms with Crippen molar-refractivity contribution >= 4 is 5.97 Å². The molecule has 3 aliphatic rings. The largest absolute Gasteiger partial charge is 0.436 e. The van der Waals surface area contributed by atoms with E-state index in [4.69, 9.17) is 9.47 Å². The summed E-state index contributed by atoms with van der Waals surface area (Å²) in [6, 6.07) is 0. The van der Waals surface area contributed by atoms with Crippen molar-refractivity contribution in [3.63, 3.8) is 0 Å². The van der Waals surface area contributed by atoms with Gasteiger partial charge in [0.25, 0.3) is 0 Å². The van der Waals surface area contributed by atoms with Crippen LogP contribution in [0, 0.1) is 22.7 Å². The zero-order chi connectivity index (χ0) is 16.0. The molecule has 0 bridgehead atoms. The van der Waals surface area contributed by atoms with Crippen LogP contribution in [0.4, 0.5) is 0 Å². The Hall–Kier alpha value is -0.830. The molecule has 0 aromatic carbocycles. The lowest BCUT2D eigenvalue weighted by atomic mass is 9.59. The van der Waals surface area contributed by atoms with Crippen LogP contribution in [-0.2, 0) is 14.3 Å². The van der Waals surface area contributed by atoms with Gasteiger partial charge in [-0.15, -0.1) is 0 Å². The second-order valence-electron chi connectivity index (χ2n) is 8.62. The maximum Gasteiger partial charge on any atom is 0.304 e. The number of esters is 1. The number of carbonyl (C=O) groups excluding carboxylic acids is 1. The average Bonchev–Trinajstić information content (AvgIpc) is 2.79. The van der Waals surface area contributed by atoms with Gasteiger partial charge in [0.1, 0.15) is 0 Å². The maximum atomic E-state index is 11.2. The normalized spacial score (nSPS) is 40.7. The fourth-order valence-corrected chi connectivity index (χ4v) is 5.09. The summed E-state index contributed by atoms with van der Waals surface area (Å²) in [5.74, 6) is 0.546. The predicted molar refractivity (Wildman–Crippen MR) is 86.2 cm³/mol. The first-order valence-corrected chi connectivity index (χ1v) is 8.79. The van der Waals surface area contributed by atoms with Gasteiger partial charge in [-0.2, -0.15) is 0 Å². The van der Waals surface area contributed by atoms with Crippen LogP contribution in [0.2, 0.25) is 0 Å². The SMILES string of the molecule is CC(=O)O[C@@H]1OC[C@H]2C=C([C@@]3(C)CCCC(C)(C)C3)CC[C@@H]12. The molecule has 1 saturated carbocycles. The van der Waals surface area contributed by atoms with Gasteiger partial charge in [0.2, 0.25) is 6.29 Å². The molecule has 1 saturated heterocycles. The molecule has 3 nitrogen and oxygen atoms in total. The van der Waals surface area contributed by atoms with Crippen molar-refractivity contribution in [2.45, 2.75) is 72.5 Å². The molecule has 0 amide bonds. The quantitative estimate of drug-likeness (QED) is 0.558. The van der Waals surface area contributed by atoms with Crippen molar-refractivity contribution in [1.82, 2.24) is 0 Å². The van der Waals surface area contributed by atoms with Gasteiger partial charge in [-0.25, -0.2) is 0 Å². The van der Waals surface area contributed by atoms with Crippen LogP contribution < -0.4 is 0 Å². The molecule has 0 N–H and O–H groups in total. The molecule has 22 heavy (non-hydrogen) atoms. The number of hydrogen-bond donors (Lipinski definition) is 0. The van der Waals surface area contributed by atoms with Gasteiger partial charge in [0, 0.05) is 18.8 Å². The molecule has 0 unspecified atom stereocenters. The number of hydrogen-bond acceptors (Lipinski definition) is 3. The second kappa shape index (κ2) is 5.67. The third-order valence-electron chi connectivity index (χ3n) is 6.02. The molecule has 0 aromatic rings. The zero-order valence-corrected chi connectivity index (χ0v) is 14.5. The van der Waals surface area contributed by atoms with E-state index in [1.807, 2.05) is 0 Å². The summed E-state index contributed by atoms with van der Waals surface area (Å²) in [6.07, 6.45) is 9.65. The van der Waals surface area contributed by atoms with Gasteiger partial charge in [-0.3, -0.25) is 4.79 Å². The monoisotopic (exact) mass is 306 g/mol. The lowest BCUT2D eigenvalue weighted by molar-refractivity contribution is -0.173. The molecular formula is C19H30O3. The van der Waals surface area contributed by atoms with Crippen molar-refractivity contribution in [2.75, 3.05) is 6.61 Å². The van der Waals surface area contributed by atoms with Crippen LogP contribution in [-0.4, -0.2) is 18.9 Å². The summed E-state index contributed by atoms with van der Waals surface area (Å²) in [6.45, 7) is 9.44. The number of ether oxygens (including phenoxy) is 2. The molecule has 124 valence electrons. The number of fused-ring (bicyclic) bond motifs is 1. The number of allylic oxidation sites excluding steroid dienone is 1. The number of rotatable bonds is 2. The lowest BCUT2D eigenvalue weighted by Gasteiger charge is -2.46. The van der Waals surface area contributed by atoms with E-state index < -0.39 is 0 Å². The maximum absolute atomic E-state index is 11.2. The predicted octanol–water partition coefficient (Wildman–Crippen LogP) is 4.46. The molecule has 4 atom stereocenters. The highest BCUT2D eigenvalue weighted by molar-refractivity contribution is 5.66. The highest BCUT2D eigenvalue weighted by atomic mass is 16.7. The van der Waals surface area contributed by atoms with Crippen molar-refractivity contribution < 1.29 is 14.3 Å². The summed E-state index contributed by atoms with van der Waals surface area (Å²) < 4.78 is 11.1. The van der Waals surface area contributed by atoms with Crippen molar-refractivity contribution in [2.24, 2.45) is 22.7 Å². The van der Waals surface area contributed by atoms with Gasteiger partial charge in [-0.05, 0) is 42.9 Å². The summed E-state index contributed by atoms with van der Waals surface area (Å²) in [7, 11) is 0. The van der Waals surface area contributed by atoms with Crippen LogP contribution >= 0.6 is 0 Å². The Labute approximate surface area is 134 Å². The van der Waals surface area contributed by atoms with Gasteiger partial charge in [0.15, 0.2) is 0 Å². The molecule has 0 spiro atoms. The molecule has 3 rings (SSSR count). The smallest absolute Gasteiger partial charge is 0.304 e. The van der Waals surface area contributed by atoms with Crippen LogP contribution in [0.15, 0.2) is 11.6 Å². The minimum atomic E-state index is -0.323. The first-order chi connectivity index (χ1) is 10.3. The van der Waals surface area contributed by atoms with Gasteiger partial charge >= 0.3 is 5.97 Å². The van der Waals surface area contributed by atoms with Crippen molar-refractivity contribution in [3.8, 4) is 0 Å². The fraction of sp³-hybridized carbons (Fsp3) is 0.842.